The molecule has 32 heavy (non-hydrogen) atoms. The average molecular weight is 443 g/mol. The van der Waals surface area contributed by atoms with Gasteiger partial charge >= 0.3 is 0 Å². The van der Waals surface area contributed by atoms with E-state index in [1.54, 1.807) is 37.1 Å². The number of fused-ring (bicyclic) bond motifs is 1. The van der Waals surface area contributed by atoms with E-state index in [4.69, 9.17) is 9.47 Å². The minimum atomic E-state index is -0.133. The number of aromatic nitrogens is 1. The fourth-order valence-electron chi connectivity index (χ4n) is 4.76. The quantitative estimate of drug-likeness (QED) is 0.653. The molecule has 1 amide bonds. The molecule has 0 N–H and O–H groups in total. The summed E-state index contributed by atoms with van der Waals surface area (Å²) in [6.07, 6.45) is 4.32. The van der Waals surface area contributed by atoms with Crippen molar-refractivity contribution in [3.05, 3.63) is 34.2 Å². The smallest absolute Gasteiger partial charge is 0.258 e. The van der Waals surface area contributed by atoms with Crippen LogP contribution in [-0.4, -0.2) is 91.8 Å². The Morgan fingerprint density at radius 3 is 2.00 bits per heavy atom. The summed E-state index contributed by atoms with van der Waals surface area (Å²) in [6, 6.07) is 3.42. The number of hydrogen-bond donors (Lipinski definition) is 0. The molecule has 1 aromatic carbocycles. The van der Waals surface area contributed by atoms with Crippen molar-refractivity contribution in [2.45, 2.75) is 26.3 Å². The number of methoxy groups -OCH3 is 2. The molecule has 1 aromatic heterocycles. The van der Waals surface area contributed by atoms with Crippen molar-refractivity contribution in [1.29, 1.82) is 0 Å². The summed E-state index contributed by atoms with van der Waals surface area (Å²) in [6.45, 7) is 10.1. The molecule has 0 atom stereocenters. The number of pyridine rings is 1. The van der Waals surface area contributed by atoms with E-state index in [0.717, 1.165) is 26.2 Å². The summed E-state index contributed by atoms with van der Waals surface area (Å²) in [4.78, 5) is 33.3. The highest BCUT2D eigenvalue weighted by Gasteiger charge is 2.26. The van der Waals surface area contributed by atoms with Gasteiger partial charge in [0.05, 0.1) is 25.2 Å². The topological polar surface area (TPSA) is 67.2 Å². The number of piperazine rings is 1. The van der Waals surface area contributed by atoms with E-state index in [-0.39, 0.29) is 11.5 Å². The van der Waals surface area contributed by atoms with Crippen molar-refractivity contribution >= 4 is 16.7 Å². The molecule has 0 saturated carbocycles. The minimum Gasteiger partial charge on any atom is -0.493 e. The zero-order valence-corrected chi connectivity index (χ0v) is 19.4. The molecule has 8 nitrogen and oxygen atoms in total. The van der Waals surface area contributed by atoms with Gasteiger partial charge in [-0.15, -0.1) is 0 Å². The molecule has 2 saturated heterocycles. The Labute approximate surface area is 189 Å². The maximum atomic E-state index is 13.5. The third-order valence-electron chi connectivity index (χ3n) is 6.75. The summed E-state index contributed by atoms with van der Waals surface area (Å²) < 4.78 is 12.4. The summed E-state index contributed by atoms with van der Waals surface area (Å²) in [7, 11) is 3.10. The summed E-state index contributed by atoms with van der Waals surface area (Å²) >= 11 is 0. The van der Waals surface area contributed by atoms with Crippen LogP contribution in [0.15, 0.2) is 23.1 Å². The van der Waals surface area contributed by atoms with Crippen LogP contribution >= 0.6 is 0 Å². The maximum Gasteiger partial charge on any atom is 0.258 e. The lowest BCUT2D eigenvalue weighted by molar-refractivity contribution is 0.0628. The number of likely N-dealkylation sites (tertiary alicyclic amines) is 1. The molecule has 174 valence electrons. The van der Waals surface area contributed by atoms with Crippen molar-refractivity contribution in [3.63, 3.8) is 0 Å². The van der Waals surface area contributed by atoms with E-state index in [1.807, 2.05) is 11.8 Å². The van der Waals surface area contributed by atoms with Crippen molar-refractivity contribution in [1.82, 2.24) is 19.3 Å². The van der Waals surface area contributed by atoms with Crippen molar-refractivity contribution in [2.75, 3.05) is 66.6 Å². The predicted molar refractivity (Wildman–Crippen MR) is 125 cm³/mol. The Balaban J connectivity index is 1.55. The second-order valence-electron chi connectivity index (χ2n) is 8.57. The fourth-order valence-corrected chi connectivity index (χ4v) is 4.76. The zero-order valence-electron chi connectivity index (χ0n) is 19.4. The molecule has 0 aliphatic carbocycles. The third-order valence-corrected chi connectivity index (χ3v) is 6.75. The van der Waals surface area contributed by atoms with Crippen LogP contribution in [0.5, 0.6) is 11.5 Å². The van der Waals surface area contributed by atoms with E-state index >= 15 is 0 Å². The first kappa shape index (κ1) is 22.6. The molecular weight excluding hydrogens is 408 g/mol. The van der Waals surface area contributed by atoms with Crippen LogP contribution in [-0.2, 0) is 6.54 Å². The molecule has 0 radical (unpaired) electrons. The average Bonchev–Trinajstić information content (AvgIpc) is 3.36. The molecule has 3 heterocycles. The van der Waals surface area contributed by atoms with Gasteiger partial charge in [-0.3, -0.25) is 14.5 Å². The van der Waals surface area contributed by atoms with Crippen LogP contribution in [0, 0.1) is 0 Å². The van der Waals surface area contributed by atoms with E-state index in [1.165, 1.54) is 25.9 Å². The van der Waals surface area contributed by atoms with E-state index in [2.05, 4.69) is 9.80 Å². The van der Waals surface area contributed by atoms with Crippen LogP contribution in [0.3, 0.4) is 0 Å². The Hall–Kier alpha value is -2.58. The van der Waals surface area contributed by atoms with Crippen LogP contribution < -0.4 is 15.0 Å². The van der Waals surface area contributed by atoms with Crippen LogP contribution in [0.1, 0.15) is 30.1 Å². The van der Waals surface area contributed by atoms with Gasteiger partial charge in [0.1, 0.15) is 0 Å². The van der Waals surface area contributed by atoms with Crippen molar-refractivity contribution in [2.24, 2.45) is 0 Å². The van der Waals surface area contributed by atoms with Gasteiger partial charge in [-0.05, 0) is 45.0 Å². The number of nitrogens with zero attached hydrogens (tertiary/aromatic N) is 4. The molecule has 2 aliphatic heterocycles. The highest BCUT2D eigenvalue weighted by Crippen LogP contribution is 2.32. The van der Waals surface area contributed by atoms with Crippen LogP contribution in [0.25, 0.3) is 10.8 Å². The van der Waals surface area contributed by atoms with Gasteiger partial charge < -0.3 is 23.8 Å². The highest BCUT2D eigenvalue weighted by atomic mass is 16.5. The predicted octanol–water partition coefficient (Wildman–Crippen LogP) is 1.89. The Bertz CT molecular complexity index is 1020. The number of carbonyl (C=O) groups is 1. The molecule has 2 fully saturated rings. The van der Waals surface area contributed by atoms with Gasteiger partial charge in [0.2, 0.25) is 0 Å². The van der Waals surface area contributed by atoms with E-state index in [9.17, 15) is 9.59 Å². The lowest BCUT2D eigenvalue weighted by Crippen LogP contribution is -2.50. The first-order valence-corrected chi connectivity index (χ1v) is 11.6. The largest absolute Gasteiger partial charge is 0.493 e. The van der Waals surface area contributed by atoms with Gasteiger partial charge in [-0.2, -0.15) is 0 Å². The second-order valence-corrected chi connectivity index (χ2v) is 8.57. The standard InChI is InChI=1S/C24H34N4O4/c1-4-27-17-20(18-15-21(31-2)22(32-3)16-19(18)23(27)29)24(30)28-13-11-26(12-14-28)10-9-25-7-5-6-8-25/h15-17H,4-14H2,1-3H3. The molecule has 2 aliphatic rings. The van der Waals surface area contributed by atoms with E-state index < -0.39 is 0 Å². The first-order chi connectivity index (χ1) is 15.5. The fraction of sp³-hybridized carbons (Fsp3) is 0.583. The summed E-state index contributed by atoms with van der Waals surface area (Å²) in [5.74, 6) is 0.953. The number of amides is 1. The normalized spacial score (nSPS) is 17.8. The third kappa shape index (κ3) is 4.47. The number of carbonyl (C=O) groups excluding carboxylic acids is 1. The van der Waals surface area contributed by atoms with Crippen LogP contribution in [0.2, 0.25) is 0 Å². The lowest BCUT2D eigenvalue weighted by atomic mass is 10.0. The second kappa shape index (κ2) is 9.92. The molecule has 0 unspecified atom stereocenters. The summed E-state index contributed by atoms with van der Waals surface area (Å²) in [5, 5.41) is 1.08. The Kier molecular flexibility index (Phi) is 7.01. The number of hydrogen-bond acceptors (Lipinski definition) is 6. The van der Waals surface area contributed by atoms with E-state index in [0.29, 0.717) is 47.5 Å². The Morgan fingerprint density at radius 1 is 0.875 bits per heavy atom. The SMILES string of the molecule is CCn1cc(C(=O)N2CCN(CCN3CCCC3)CC2)c2cc(OC)c(OC)cc2c1=O. The maximum absolute atomic E-state index is 13.5. The highest BCUT2D eigenvalue weighted by molar-refractivity contribution is 6.07. The van der Waals surface area contributed by atoms with Gasteiger partial charge in [0, 0.05) is 57.4 Å². The van der Waals surface area contributed by atoms with Gasteiger partial charge in [-0.25, -0.2) is 0 Å². The van der Waals surface area contributed by atoms with Gasteiger partial charge in [0.25, 0.3) is 11.5 Å². The molecule has 0 spiro atoms. The number of rotatable bonds is 7. The zero-order chi connectivity index (χ0) is 22.7. The number of aryl methyl sites for hydroxylation is 1. The molecular formula is C24H34N4O4. The van der Waals surface area contributed by atoms with Crippen LogP contribution in [0.4, 0.5) is 0 Å². The number of ether oxygens (including phenoxy) is 2. The summed E-state index contributed by atoms with van der Waals surface area (Å²) in [5.41, 5.74) is 0.402. The number of benzene rings is 1. The van der Waals surface area contributed by atoms with Crippen molar-refractivity contribution < 1.29 is 14.3 Å². The first-order valence-electron chi connectivity index (χ1n) is 11.6. The minimum absolute atomic E-state index is 0.0383. The molecule has 0 bridgehead atoms. The van der Waals surface area contributed by atoms with Gasteiger partial charge in [0.15, 0.2) is 11.5 Å². The molecule has 8 heteroatoms. The monoisotopic (exact) mass is 442 g/mol. The van der Waals surface area contributed by atoms with Gasteiger partial charge in [-0.1, -0.05) is 0 Å². The molecule has 4 rings (SSSR count). The lowest BCUT2D eigenvalue weighted by Gasteiger charge is -2.35. The molecule has 2 aromatic rings. The van der Waals surface area contributed by atoms with Crippen molar-refractivity contribution in [3.8, 4) is 11.5 Å². The Morgan fingerprint density at radius 2 is 1.44 bits per heavy atom.